The molecule has 0 unspecified atom stereocenters. The van der Waals surface area contributed by atoms with E-state index in [1.54, 1.807) is 16.8 Å². The minimum absolute atomic E-state index is 0.0453. The number of hydrogen-bond acceptors (Lipinski definition) is 2. The number of nitrogens with zero attached hydrogens (tertiary/aromatic N) is 2. The molecular formula is C19H22N2O2. The van der Waals surface area contributed by atoms with Crippen molar-refractivity contribution < 1.29 is 4.79 Å². The van der Waals surface area contributed by atoms with Gasteiger partial charge >= 0.3 is 0 Å². The Labute approximate surface area is 136 Å². The fourth-order valence-electron chi connectivity index (χ4n) is 3.36. The molecule has 4 nitrogen and oxygen atoms in total. The first-order chi connectivity index (χ1) is 11.1. The second-order valence-corrected chi connectivity index (χ2v) is 6.05. The third-order valence-electron chi connectivity index (χ3n) is 4.64. The molecule has 1 aromatic carbocycles. The number of aryl methyl sites for hydroxylation is 2. The van der Waals surface area contributed by atoms with Crippen molar-refractivity contribution in [3.8, 4) is 0 Å². The van der Waals surface area contributed by atoms with Crippen LogP contribution >= 0.6 is 0 Å². The highest BCUT2D eigenvalue weighted by Gasteiger charge is 2.31. The Morgan fingerprint density at radius 3 is 2.74 bits per heavy atom. The van der Waals surface area contributed by atoms with E-state index in [1.165, 1.54) is 17.2 Å². The maximum atomic E-state index is 12.9. The van der Waals surface area contributed by atoms with Crippen molar-refractivity contribution in [1.82, 2.24) is 9.47 Å². The fourth-order valence-corrected chi connectivity index (χ4v) is 3.36. The van der Waals surface area contributed by atoms with Gasteiger partial charge in [-0.3, -0.25) is 9.59 Å². The summed E-state index contributed by atoms with van der Waals surface area (Å²) in [5.41, 5.74) is 2.78. The zero-order valence-electron chi connectivity index (χ0n) is 13.7. The van der Waals surface area contributed by atoms with Crippen molar-refractivity contribution in [1.29, 1.82) is 0 Å². The Balaban J connectivity index is 1.91. The Morgan fingerprint density at radius 1 is 1.26 bits per heavy atom. The lowest BCUT2D eigenvalue weighted by Crippen LogP contribution is -2.32. The molecule has 1 saturated heterocycles. The minimum atomic E-state index is -0.120. The van der Waals surface area contributed by atoms with Crippen LogP contribution in [0.3, 0.4) is 0 Å². The maximum Gasteiger partial charge on any atom is 0.254 e. The standard InChI is InChI=1S/C19H22N2O2/c1-3-20-12-10-15(13-18(20)22)19(23)21-11-6-9-17(21)16-8-5-4-7-14(16)2/h4-5,7-8,10,12-13,17H,3,6,9,11H2,1-2H3/t17-/m1/s1. The van der Waals surface area contributed by atoms with Crippen molar-refractivity contribution in [3.63, 3.8) is 0 Å². The first-order valence-electron chi connectivity index (χ1n) is 8.19. The van der Waals surface area contributed by atoms with E-state index >= 15 is 0 Å². The number of carbonyl (C=O) groups is 1. The normalized spacial score (nSPS) is 17.5. The van der Waals surface area contributed by atoms with Gasteiger partial charge in [0.1, 0.15) is 0 Å². The third-order valence-corrected chi connectivity index (χ3v) is 4.64. The van der Waals surface area contributed by atoms with E-state index in [1.807, 2.05) is 24.0 Å². The lowest BCUT2D eigenvalue weighted by atomic mass is 9.99. The summed E-state index contributed by atoms with van der Waals surface area (Å²) >= 11 is 0. The SMILES string of the molecule is CCn1ccc(C(=O)N2CCC[C@@H]2c2ccccc2C)cc1=O. The topological polar surface area (TPSA) is 42.3 Å². The summed E-state index contributed by atoms with van der Waals surface area (Å²) in [7, 11) is 0. The molecule has 0 bridgehead atoms. The Morgan fingerprint density at radius 2 is 2.04 bits per heavy atom. The number of rotatable bonds is 3. The van der Waals surface area contributed by atoms with Gasteiger partial charge in [0.2, 0.25) is 0 Å². The smallest absolute Gasteiger partial charge is 0.254 e. The molecule has 2 heterocycles. The second kappa shape index (κ2) is 6.41. The van der Waals surface area contributed by atoms with Crippen LogP contribution in [0.5, 0.6) is 0 Å². The van der Waals surface area contributed by atoms with E-state index in [2.05, 4.69) is 19.1 Å². The van der Waals surface area contributed by atoms with Gasteiger partial charge in [0, 0.05) is 30.9 Å². The molecule has 2 aromatic rings. The number of amides is 1. The lowest BCUT2D eigenvalue weighted by Gasteiger charge is -2.26. The number of benzene rings is 1. The van der Waals surface area contributed by atoms with Crippen molar-refractivity contribution in [2.45, 2.75) is 39.3 Å². The number of likely N-dealkylation sites (tertiary alicyclic amines) is 1. The average Bonchev–Trinajstić information content (AvgIpc) is 3.04. The summed E-state index contributed by atoms with van der Waals surface area (Å²) in [5, 5.41) is 0. The van der Waals surface area contributed by atoms with E-state index < -0.39 is 0 Å². The molecule has 0 aliphatic carbocycles. The third kappa shape index (κ3) is 2.93. The minimum Gasteiger partial charge on any atom is -0.332 e. The largest absolute Gasteiger partial charge is 0.332 e. The maximum absolute atomic E-state index is 12.9. The summed E-state index contributed by atoms with van der Waals surface area (Å²) in [6, 6.07) is 11.5. The van der Waals surface area contributed by atoms with Gasteiger partial charge in [-0.2, -0.15) is 0 Å². The summed E-state index contributed by atoms with van der Waals surface area (Å²) in [6.07, 6.45) is 3.67. The summed E-state index contributed by atoms with van der Waals surface area (Å²) in [6.45, 7) is 5.36. The van der Waals surface area contributed by atoms with Crippen LogP contribution < -0.4 is 5.56 Å². The van der Waals surface area contributed by atoms with Crippen LogP contribution in [0.4, 0.5) is 0 Å². The molecular weight excluding hydrogens is 288 g/mol. The van der Waals surface area contributed by atoms with Crippen LogP contribution in [0.1, 0.15) is 47.3 Å². The van der Waals surface area contributed by atoms with Gasteiger partial charge in [-0.15, -0.1) is 0 Å². The molecule has 1 atom stereocenters. The van der Waals surface area contributed by atoms with Crippen LogP contribution in [0.15, 0.2) is 47.4 Å². The van der Waals surface area contributed by atoms with Crippen molar-refractivity contribution in [3.05, 3.63) is 69.6 Å². The predicted molar refractivity (Wildman–Crippen MR) is 90.6 cm³/mol. The monoisotopic (exact) mass is 310 g/mol. The van der Waals surface area contributed by atoms with E-state index in [0.717, 1.165) is 19.4 Å². The molecule has 1 aliphatic rings. The summed E-state index contributed by atoms with van der Waals surface area (Å²) in [5.74, 6) is -0.0453. The van der Waals surface area contributed by atoms with E-state index in [-0.39, 0.29) is 17.5 Å². The first-order valence-corrected chi connectivity index (χ1v) is 8.19. The molecule has 0 radical (unpaired) electrons. The molecule has 0 spiro atoms. The van der Waals surface area contributed by atoms with Crippen LogP contribution in [-0.2, 0) is 6.54 Å². The molecule has 1 fully saturated rings. The number of pyridine rings is 1. The van der Waals surface area contributed by atoms with Gasteiger partial charge in [-0.25, -0.2) is 0 Å². The van der Waals surface area contributed by atoms with Crippen molar-refractivity contribution >= 4 is 5.91 Å². The molecule has 4 heteroatoms. The van der Waals surface area contributed by atoms with Gasteiger partial charge in [0.25, 0.3) is 11.5 Å². The predicted octanol–water partition coefficient (Wildman–Crippen LogP) is 3.15. The highest BCUT2D eigenvalue weighted by Crippen LogP contribution is 2.34. The number of carbonyl (C=O) groups excluding carboxylic acids is 1. The highest BCUT2D eigenvalue weighted by atomic mass is 16.2. The molecule has 1 aliphatic heterocycles. The molecule has 23 heavy (non-hydrogen) atoms. The fraction of sp³-hybridized carbons (Fsp3) is 0.368. The summed E-state index contributed by atoms with van der Waals surface area (Å²) in [4.78, 5) is 26.8. The Bertz CT molecular complexity index is 779. The van der Waals surface area contributed by atoms with Gasteiger partial charge in [-0.1, -0.05) is 24.3 Å². The van der Waals surface area contributed by atoms with Crippen molar-refractivity contribution in [2.75, 3.05) is 6.54 Å². The molecule has 1 amide bonds. The van der Waals surface area contributed by atoms with E-state index in [0.29, 0.717) is 12.1 Å². The van der Waals surface area contributed by atoms with E-state index in [4.69, 9.17) is 0 Å². The second-order valence-electron chi connectivity index (χ2n) is 6.05. The van der Waals surface area contributed by atoms with Gasteiger partial charge < -0.3 is 9.47 Å². The van der Waals surface area contributed by atoms with Gasteiger partial charge in [0.15, 0.2) is 0 Å². The molecule has 3 rings (SSSR count). The lowest BCUT2D eigenvalue weighted by molar-refractivity contribution is 0.0735. The Kier molecular flexibility index (Phi) is 4.33. The first kappa shape index (κ1) is 15.5. The molecule has 120 valence electrons. The number of aromatic nitrogens is 1. The van der Waals surface area contributed by atoms with E-state index in [9.17, 15) is 9.59 Å². The average molecular weight is 310 g/mol. The molecule has 1 aromatic heterocycles. The zero-order chi connectivity index (χ0) is 16.4. The summed E-state index contributed by atoms with van der Waals surface area (Å²) < 4.78 is 1.60. The van der Waals surface area contributed by atoms with Crippen molar-refractivity contribution in [2.24, 2.45) is 0 Å². The number of hydrogen-bond donors (Lipinski definition) is 0. The highest BCUT2D eigenvalue weighted by molar-refractivity contribution is 5.94. The molecule has 0 N–H and O–H groups in total. The van der Waals surface area contributed by atoms with Crippen LogP contribution in [-0.4, -0.2) is 21.9 Å². The van der Waals surface area contributed by atoms with Crippen LogP contribution in [0, 0.1) is 6.92 Å². The van der Waals surface area contributed by atoms with Gasteiger partial charge in [-0.05, 0) is 43.9 Å². The zero-order valence-corrected chi connectivity index (χ0v) is 13.7. The quantitative estimate of drug-likeness (QED) is 0.874. The van der Waals surface area contributed by atoms with Crippen LogP contribution in [0.25, 0.3) is 0 Å². The Hall–Kier alpha value is -2.36. The van der Waals surface area contributed by atoms with Gasteiger partial charge in [0.05, 0.1) is 6.04 Å². The van der Waals surface area contributed by atoms with Crippen LogP contribution in [0.2, 0.25) is 0 Å². The molecule has 0 saturated carbocycles.